The lowest BCUT2D eigenvalue weighted by Crippen LogP contribution is -2.40. The molecule has 1 aliphatic rings. The van der Waals surface area contributed by atoms with Crippen LogP contribution in [-0.2, 0) is 6.42 Å². The zero-order valence-corrected chi connectivity index (χ0v) is 9.90. The average molecular weight is 225 g/mol. The summed E-state index contributed by atoms with van der Waals surface area (Å²) in [6.45, 7) is 6.72. The second kappa shape index (κ2) is 4.82. The van der Waals surface area contributed by atoms with Crippen LogP contribution in [0.5, 0.6) is 0 Å². The van der Waals surface area contributed by atoms with Crippen molar-refractivity contribution in [1.82, 2.24) is 15.0 Å². The van der Waals surface area contributed by atoms with Crippen LogP contribution in [0, 0.1) is 5.92 Å². The van der Waals surface area contributed by atoms with Crippen molar-refractivity contribution in [3.05, 3.63) is 16.4 Å². The third-order valence-corrected chi connectivity index (χ3v) is 3.25. The minimum Gasteiger partial charge on any atom is -0.301 e. The number of likely N-dealkylation sites (tertiary alicyclic amines) is 1. The van der Waals surface area contributed by atoms with E-state index < -0.39 is 5.76 Å². The Bertz CT molecular complexity index is 383. The fourth-order valence-electron chi connectivity index (χ4n) is 2.35. The molecule has 1 N–H and O–H groups in total. The van der Waals surface area contributed by atoms with Crippen molar-refractivity contribution in [3.63, 3.8) is 0 Å². The van der Waals surface area contributed by atoms with E-state index in [0.717, 1.165) is 13.0 Å². The van der Waals surface area contributed by atoms with Crippen LogP contribution in [0.1, 0.15) is 32.5 Å². The summed E-state index contributed by atoms with van der Waals surface area (Å²) < 4.78 is 4.51. The molecule has 90 valence electrons. The summed E-state index contributed by atoms with van der Waals surface area (Å²) in [5.41, 5.74) is 0. The molecule has 16 heavy (non-hydrogen) atoms. The topological polar surface area (TPSA) is 62.1 Å². The van der Waals surface area contributed by atoms with Gasteiger partial charge in [-0.25, -0.2) is 4.79 Å². The van der Waals surface area contributed by atoms with Gasteiger partial charge in [0.05, 0.1) is 0 Å². The molecule has 5 heteroatoms. The Morgan fingerprint density at radius 3 is 3.06 bits per heavy atom. The van der Waals surface area contributed by atoms with Crippen molar-refractivity contribution < 1.29 is 4.52 Å². The van der Waals surface area contributed by atoms with Gasteiger partial charge in [-0.2, -0.15) is 0 Å². The lowest BCUT2D eigenvalue weighted by molar-refractivity contribution is 0.138. The van der Waals surface area contributed by atoms with E-state index in [0.29, 0.717) is 17.8 Å². The van der Waals surface area contributed by atoms with E-state index in [1.165, 1.54) is 19.4 Å². The molecule has 1 fully saturated rings. The van der Waals surface area contributed by atoms with Crippen LogP contribution in [-0.4, -0.2) is 34.2 Å². The Labute approximate surface area is 94.8 Å². The minimum atomic E-state index is -0.452. The highest BCUT2D eigenvalue weighted by Gasteiger charge is 2.22. The zero-order valence-electron chi connectivity index (χ0n) is 9.90. The average Bonchev–Trinajstić information content (AvgIpc) is 2.64. The third kappa shape index (κ3) is 2.72. The number of hydrogen-bond acceptors (Lipinski definition) is 4. The molecule has 2 rings (SSSR count). The first kappa shape index (κ1) is 11.4. The van der Waals surface area contributed by atoms with E-state index in [2.05, 4.69) is 33.4 Å². The van der Waals surface area contributed by atoms with E-state index in [9.17, 15) is 4.79 Å². The molecular formula is C11H19N3O2. The van der Waals surface area contributed by atoms with Crippen molar-refractivity contribution in [1.29, 1.82) is 0 Å². The molecule has 1 atom stereocenters. The summed E-state index contributed by atoms with van der Waals surface area (Å²) >= 11 is 0. The Kier molecular flexibility index (Phi) is 3.43. The van der Waals surface area contributed by atoms with Crippen LogP contribution in [0.4, 0.5) is 0 Å². The van der Waals surface area contributed by atoms with E-state index in [1.807, 2.05) is 0 Å². The summed E-state index contributed by atoms with van der Waals surface area (Å²) in [6, 6.07) is 0.596. The molecule has 0 bridgehead atoms. The zero-order chi connectivity index (χ0) is 11.5. The summed E-state index contributed by atoms with van der Waals surface area (Å²) in [4.78, 5) is 15.9. The maximum atomic E-state index is 10.8. The predicted octanol–water partition coefficient (Wildman–Crippen LogP) is 1.03. The van der Waals surface area contributed by atoms with Crippen LogP contribution < -0.4 is 5.76 Å². The highest BCUT2D eigenvalue weighted by molar-refractivity contribution is 4.86. The van der Waals surface area contributed by atoms with E-state index >= 15 is 0 Å². The Hall–Kier alpha value is -1.10. The van der Waals surface area contributed by atoms with Gasteiger partial charge in [-0.15, -0.1) is 0 Å². The molecule has 0 aliphatic carbocycles. The van der Waals surface area contributed by atoms with Crippen LogP contribution >= 0.6 is 0 Å². The first-order valence-electron chi connectivity index (χ1n) is 5.94. The third-order valence-electron chi connectivity index (χ3n) is 3.25. The van der Waals surface area contributed by atoms with Gasteiger partial charge in [0, 0.05) is 19.0 Å². The van der Waals surface area contributed by atoms with Gasteiger partial charge in [0.15, 0.2) is 5.82 Å². The molecule has 0 spiro atoms. The minimum absolute atomic E-state index is 0.452. The summed E-state index contributed by atoms with van der Waals surface area (Å²) in [5, 5.41) is 3.72. The molecule has 1 unspecified atom stereocenters. The second-order valence-electron chi connectivity index (χ2n) is 4.84. The molecule has 1 aliphatic heterocycles. The Morgan fingerprint density at radius 2 is 2.44 bits per heavy atom. The molecule has 0 radical (unpaired) electrons. The van der Waals surface area contributed by atoms with Gasteiger partial charge in [-0.05, 0) is 39.2 Å². The molecule has 0 amide bonds. The van der Waals surface area contributed by atoms with Crippen molar-refractivity contribution in [2.24, 2.45) is 5.92 Å². The van der Waals surface area contributed by atoms with Crippen LogP contribution in [0.3, 0.4) is 0 Å². The molecule has 5 nitrogen and oxygen atoms in total. The number of piperidine rings is 1. The highest BCUT2D eigenvalue weighted by Crippen LogP contribution is 2.20. The molecule has 1 saturated heterocycles. The quantitative estimate of drug-likeness (QED) is 0.834. The first-order valence-corrected chi connectivity index (χ1v) is 5.94. The SMILES string of the molecule is CC(C)N1CCCC(Cc2noc(=O)[nH]2)C1. The van der Waals surface area contributed by atoms with Crippen molar-refractivity contribution in [3.8, 4) is 0 Å². The van der Waals surface area contributed by atoms with Crippen LogP contribution in [0.25, 0.3) is 0 Å². The van der Waals surface area contributed by atoms with Crippen molar-refractivity contribution in [2.75, 3.05) is 13.1 Å². The van der Waals surface area contributed by atoms with Gasteiger partial charge >= 0.3 is 5.76 Å². The van der Waals surface area contributed by atoms with Crippen LogP contribution in [0.15, 0.2) is 9.32 Å². The Balaban J connectivity index is 1.92. The maximum Gasteiger partial charge on any atom is 0.438 e. The molecule has 0 aromatic carbocycles. The number of nitrogens with zero attached hydrogens (tertiary/aromatic N) is 2. The number of rotatable bonds is 3. The van der Waals surface area contributed by atoms with Gasteiger partial charge in [-0.1, -0.05) is 5.16 Å². The van der Waals surface area contributed by atoms with E-state index in [4.69, 9.17) is 0 Å². The monoisotopic (exact) mass is 225 g/mol. The number of H-pyrrole nitrogens is 1. The van der Waals surface area contributed by atoms with E-state index in [1.54, 1.807) is 0 Å². The van der Waals surface area contributed by atoms with Gasteiger partial charge < -0.3 is 4.90 Å². The lowest BCUT2D eigenvalue weighted by atomic mass is 9.94. The number of aromatic nitrogens is 2. The van der Waals surface area contributed by atoms with Gasteiger partial charge in [0.1, 0.15) is 0 Å². The molecule has 2 heterocycles. The number of nitrogens with one attached hydrogen (secondary N) is 1. The molecule has 1 aromatic heterocycles. The second-order valence-corrected chi connectivity index (χ2v) is 4.84. The van der Waals surface area contributed by atoms with E-state index in [-0.39, 0.29) is 0 Å². The number of hydrogen-bond donors (Lipinski definition) is 1. The fourth-order valence-corrected chi connectivity index (χ4v) is 2.35. The molecule has 0 saturated carbocycles. The Morgan fingerprint density at radius 1 is 1.62 bits per heavy atom. The molecule has 1 aromatic rings. The van der Waals surface area contributed by atoms with Gasteiger partial charge in [-0.3, -0.25) is 9.51 Å². The van der Waals surface area contributed by atoms with Crippen LogP contribution in [0.2, 0.25) is 0 Å². The summed E-state index contributed by atoms with van der Waals surface area (Å²) in [5.74, 6) is 0.809. The van der Waals surface area contributed by atoms with Crippen molar-refractivity contribution in [2.45, 2.75) is 39.2 Å². The summed E-state index contributed by atoms with van der Waals surface area (Å²) in [7, 11) is 0. The standard InChI is InChI=1S/C11H19N3O2/c1-8(2)14-5-3-4-9(7-14)6-10-12-11(15)16-13-10/h8-9H,3-7H2,1-2H3,(H,12,13,15). The van der Waals surface area contributed by atoms with Gasteiger partial charge in [0.25, 0.3) is 0 Å². The lowest BCUT2D eigenvalue weighted by Gasteiger charge is -2.35. The summed E-state index contributed by atoms with van der Waals surface area (Å²) in [6.07, 6.45) is 3.25. The molecular weight excluding hydrogens is 206 g/mol. The predicted molar refractivity (Wildman–Crippen MR) is 60.3 cm³/mol. The van der Waals surface area contributed by atoms with Crippen molar-refractivity contribution >= 4 is 0 Å². The van der Waals surface area contributed by atoms with Gasteiger partial charge in [0.2, 0.25) is 0 Å². The highest BCUT2D eigenvalue weighted by atomic mass is 16.5. The largest absolute Gasteiger partial charge is 0.438 e. The normalized spacial score (nSPS) is 22.8. The fraction of sp³-hybridized carbons (Fsp3) is 0.818. The first-order chi connectivity index (χ1) is 7.65. The number of aromatic amines is 1. The maximum absolute atomic E-state index is 10.8. The smallest absolute Gasteiger partial charge is 0.301 e.